The number of fused-ring (bicyclic) bond motifs is 4. The molecule has 1 aliphatic carbocycles. The topological polar surface area (TPSA) is 166 Å². The molecular formula is C44H47F4N11O5. The number of hydrogen-bond donors (Lipinski definition) is 2. The van der Waals surface area contributed by atoms with Gasteiger partial charge in [0.2, 0.25) is 11.8 Å². The first-order valence-electron chi connectivity index (χ1n) is 21.8. The van der Waals surface area contributed by atoms with Crippen molar-refractivity contribution in [2.75, 3.05) is 49.6 Å². The Morgan fingerprint density at radius 3 is 2.69 bits per heavy atom. The van der Waals surface area contributed by atoms with Gasteiger partial charge in [-0.15, -0.1) is 0 Å². The van der Waals surface area contributed by atoms with Crippen molar-refractivity contribution in [2.45, 2.75) is 93.9 Å². The van der Waals surface area contributed by atoms with Crippen LogP contribution in [0.3, 0.4) is 0 Å². The molecule has 8 heterocycles. The molecule has 2 N–H and O–H groups in total. The number of imide groups is 1. The summed E-state index contributed by atoms with van der Waals surface area (Å²) in [5.41, 5.74) is 1.72. The molecule has 336 valence electrons. The molecule has 0 radical (unpaired) electrons. The fourth-order valence-electron chi connectivity index (χ4n) is 10.2. The third-order valence-electron chi connectivity index (χ3n) is 13.4. The van der Waals surface area contributed by atoms with E-state index in [0.717, 1.165) is 11.8 Å². The second-order valence-corrected chi connectivity index (χ2v) is 17.5. The largest absolute Gasteiger partial charge is 0.374 e. The van der Waals surface area contributed by atoms with Gasteiger partial charge < -0.3 is 19.7 Å². The maximum absolute atomic E-state index is 15.5. The Morgan fingerprint density at radius 1 is 1.09 bits per heavy atom. The van der Waals surface area contributed by atoms with Gasteiger partial charge in [0.1, 0.15) is 24.1 Å². The molecule has 0 spiro atoms. The maximum Gasteiger partial charge on any atom is 0.286 e. The van der Waals surface area contributed by atoms with Crippen molar-refractivity contribution in [3.63, 3.8) is 0 Å². The molecule has 5 aliphatic rings. The van der Waals surface area contributed by atoms with Crippen molar-refractivity contribution in [1.82, 2.24) is 44.4 Å². The van der Waals surface area contributed by atoms with Crippen LogP contribution in [0.2, 0.25) is 0 Å². The Labute approximate surface area is 364 Å². The van der Waals surface area contributed by atoms with E-state index in [1.165, 1.54) is 21.6 Å². The third kappa shape index (κ3) is 8.09. The van der Waals surface area contributed by atoms with E-state index in [1.807, 2.05) is 12.1 Å². The summed E-state index contributed by atoms with van der Waals surface area (Å²) in [6.07, 6.45) is 4.75. The first kappa shape index (κ1) is 42.1. The highest BCUT2D eigenvalue weighted by Crippen LogP contribution is 2.38. The molecule has 4 saturated heterocycles. The van der Waals surface area contributed by atoms with Gasteiger partial charge in [-0.25, -0.2) is 27.1 Å². The summed E-state index contributed by atoms with van der Waals surface area (Å²) < 4.78 is 75.5. The van der Waals surface area contributed by atoms with Crippen molar-refractivity contribution in [3.05, 3.63) is 65.4 Å². The smallest absolute Gasteiger partial charge is 0.286 e. The van der Waals surface area contributed by atoms with Gasteiger partial charge in [-0.1, -0.05) is 24.0 Å². The summed E-state index contributed by atoms with van der Waals surface area (Å²) in [5.74, 6) is 1.78. The van der Waals surface area contributed by atoms with Crippen LogP contribution in [-0.4, -0.2) is 120 Å². The molecule has 10 rings (SSSR count). The van der Waals surface area contributed by atoms with Crippen LogP contribution in [0, 0.1) is 17.8 Å². The molecule has 2 bridgehead atoms. The summed E-state index contributed by atoms with van der Waals surface area (Å²) in [5, 5.41) is 18.8. The number of morpholine rings is 1. The summed E-state index contributed by atoms with van der Waals surface area (Å²) in [4.78, 5) is 46.4. The number of amides is 3. The number of piperidine rings is 2. The number of alkyl halides is 4. The normalized spacial score (nSPS) is 25.9. The lowest BCUT2D eigenvalue weighted by molar-refractivity contribution is -0.169. The Morgan fingerprint density at radius 2 is 1.94 bits per heavy atom. The molecule has 5 fully saturated rings. The zero-order valence-electron chi connectivity index (χ0n) is 35.1. The Kier molecular flexibility index (Phi) is 11.1. The van der Waals surface area contributed by atoms with Crippen LogP contribution in [0.15, 0.2) is 42.9 Å². The number of ether oxygens (including phenoxy) is 2. The average molecular weight is 886 g/mol. The zero-order chi connectivity index (χ0) is 44.3. The van der Waals surface area contributed by atoms with Gasteiger partial charge in [-0.2, -0.15) is 15.3 Å². The minimum absolute atomic E-state index is 0.0867. The van der Waals surface area contributed by atoms with Gasteiger partial charge in [0.05, 0.1) is 65.9 Å². The zero-order valence-corrected chi connectivity index (χ0v) is 35.1. The van der Waals surface area contributed by atoms with Gasteiger partial charge in [-0.3, -0.25) is 34.0 Å². The van der Waals surface area contributed by atoms with E-state index in [1.54, 1.807) is 35.0 Å². The molecule has 5 aromatic rings. The van der Waals surface area contributed by atoms with Crippen LogP contribution in [0.4, 0.5) is 29.1 Å². The molecule has 4 aromatic heterocycles. The molecule has 4 atom stereocenters. The Bertz CT molecular complexity index is 2680. The lowest BCUT2D eigenvalue weighted by Crippen LogP contribution is -2.53. The summed E-state index contributed by atoms with van der Waals surface area (Å²) in [6, 6.07) is 7.29. The van der Waals surface area contributed by atoms with Crippen LogP contribution < -0.4 is 15.5 Å². The van der Waals surface area contributed by atoms with Gasteiger partial charge >= 0.3 is 0 Å². The minimum Gasteiger partial charge on any atom is -0.374 e. The summed E-state index contributed by atoms with van der Waals surface area (Å²) in [6.45, 7) is 1.60. The number of para-hydroxylation sites is 1. The lowest BCUT2D eigenvalue weighted by Gasteiger charge is -2.40. The highest BCUT2D eigenvalue weighted by molar-refractivity contribution is 6.08. The van der Waals surface area contributed by atoms with Crippen LogP contribution in [0.5, 0.6) is 0 Å². The standard InChI is InChI=1S/C44H47F4N11O5/c1-55-39-26(4-2-6-30(39)37(53-55)31-11-12-36(60)52-42(31)61)5-3-17-63-34-13-15-56(24-44(34,47)48)20-25-7-9-27(10-8-25)59-22-33(38(54-59)40(45)46)50-43(62)32-19-49-58-16-14-35(51-41(32)58)57-21-29-18-28(57)23-64-29/h2,4,6,14,16,19,22,25,27-29,31,34,40H,7-13,15,17-18,20-21,23-24H2,1H3,(H,50,62)(H,52,60,61)/t25?,27?,28-,29-,31?,34-/m1/s1. The molecule has 1 aromatic carbocycles. The van der Waals surface area contributed by atoms with Crippen molar-refractivity contribution in [3.8, 4) is 11.8 Å². The maximum atomic E-state index is 15.5. The highest BCUT2D eigenvalue weighted by Gasteiger charge is 2.46. The van der Waals surface area contributed by atoms with Crippen LogP contribution in [0.1, 0.15) is 97.1 Å². The number of aryl methyl sites for hydroxylation is 1. The van der Waals surface area contributed by atoms with Crippen molar-refractivity contribution < 1.29 is 41.4 Å². The van der Waals surface area contributed by atoms with Crippen molar-refractivity contribution >= 4 is 45.8 Å². The molecule has 1 saturated carbocycles. The van der Waals surface area contributed by atoms with Gasteiger partial charge in [0, 0.05) is 50.9 Å². The summed E-state index contributed by atoms with van der Waals surface area (Å²) in [7, 11) is 1.75. The predicted octanol–water partition coefficient (Wildman–Crippen LogP) is 5.01. The first-order chi connectivity index (χ1) is 30.9. The van der Waals surface area contributed by atoms with E-state index in [-0.39, 0.29) is 66.6 Å². The van der Waals surface area contributed by atoms with E-state index < -0.39 is 42.5 Å². The Hall–Kier alpha value is -5.91. The molecule has 16 nitrogen and oxygen atoms in total. The minimum atomic E-state index is -3.09. The lowest BCUT2D eigenvalue weighted by atomic mass is 9.85. The van der Waals surface area contributed by atoms with Crippen molar-refractivity contribution in [1.29, 1.82) is 0 Å². The number of anilines is 2. The van der Waals surface area contributed by atoms with Gasteiger partial charge in [0.25, 0.3) is 18.3 Å². The fourth-order valence-corrected chi connectivity index (χ4v) is 10.2. The number of nitrogens with one attached hydrogen (secondary N) is 2. The number of carbonyl (C=O) groups is 3. The van der Waals surface area contributed by atoms with Gasteiger partial charge in [0.15, 0.2) is 11.3 Å². The van der Waals surface area contributed by atoms with Crippen LogP contribution in [-0.2, 0) is 26.1 Å². The second kappa shape index (κ2) is 16.9. The number of benzene rings is 1. The molecule has 64 heavy (non-hydrogen) atoms. The van der Waals surface area contributed by atoms with E-state index in [0.29, 0.717) is 86.6 Å². The molecule has 1 unspecified atom stereocenters. The predicted molar refractivity (Wildman–Crippen MR) is 223 cm³/mol. The number of likely N-dealkylation sites (tertiary alicyclic amines) is 1. The number of halogens is 4. The van der Waals surface area contributed by atoms with Crippen LogP contribution >= 0.6 is 0 Å². The number of hydrogen-bond acceptors (Lipinski definition) is 11. The number of nitrogens with zero attached hydrogens (tertiary/aromatic N) is 9. The first-order valence-corrected chi connectivity index (χ1v) is 21.8. The quantitative estimate of drug-likeness (QED) is 0.110. The van der Waals surface area contributed by atoms with E-state index in [9.17, 15) is 23.2 Å². The van der Waals surface area contributed by atoms with E-state index in [4.69, 9.17) is 14.5 Å². The monoisotopic (exact) mass is 885 g/mol. The Balaban J connectivity index is 0.717. The average Bonchev–Trinajstić information content (AvgIpc) is 4.12. The summed E-state index contributed by atoms with van der Waals surface area (Å²) >= 11 is 0. The van der Waals surface area contributed by atoms with Crippen molar-refractivity contribution in [2.24, 2.45) is 13.0 Å². The molecule has 4 aliphatic heterocycles. The molecular weight excluding hydrogens is 839 g/mol. The second-order valence-electron chi connectivity index (χ2n) is 17.5. The number of rotatable bonds is 10. The van der Waals surface area contributed by atoms with E-state index in [2.05, 4.69) is 42.7 Å². The van der Waals surface area contributed by atoms with Crippen LogP contribution in [0.25, 0.3) is 16.6 Å². The molecule has 20 heteroatoms. The number of aromatic nitrogens is 7. The van der Waals surface area contributed by atoms with E-state index >= 15 is 8.78 Å². The third-order valence-corrected chi connectivity index (χ3v) is 13.4. The highest BCUT2D eigenvalue weighted by atomic mass is 19.3. The SMILES string of the molecule is Cn1nc(C2CCC(=O)NC2=O)c2cccc(C#CCO[C@@H]3CCN(CC4CCC(n5cc(NC(=O)c6cnn7ccc(N8C[C@H]9C[C@@H]8CO9)nc67)c(C(F)F)n5)CC4)CC3(F)F)c21. The van der Waals surface area contributed by atoms with Gasteiger partial charge in [-0.05, 0) is 63.0 Å². The number of carbonyl (C=O) groups excluding carboxylic acids is 3. The fraction of sp³-hybridized carbons (Fsp3) is 0.523. The molecule has 3 amide bonds.